The van der Waals surface area contributed by atoms with Crippen molar-refractivity contribution in [3.63, 3.8) is 0 Å². The molecule has 0 aliphatic heterocycles. The van der Waals surface area contributed by atoms with Crippen LogP contribution in [0.1, 0.15) is 27.4 Å². The van der Waals surface area contributed by atoms with E-state index in [0.717, 1.165) is 16.8 Å². The lowest BCUT2D eigenvalue weighted by molar-refractivity contribution is 0.101. The molecule has 6 nitrogen and oxygen atoms in total. The van der Waals surface area contributed by atoms with Gasteiger partial charge in [-0.2, -0.15) is 5.10 Å². The number of rotatable bonds is 5. The largest absolute Gasteiger partial charge is 0.355 e. The molecule has 152 valence electrons. The van der Waals surface area contributed by atoms with Crippen LogP contribution in [0.15, 0.2) is 59.1 Å². The molecule has 8 heteroatoms. The molecule has 0 spiro atoms. The molecule has 0 saturated heterocycles. The van der Waals surface area contributed by atoms with E-state index in [0.29, 0.717) is 33.7 Å². The van der Waals surface area contributed by atoms with Crippen molar-refractivity contribution < 1.29 is 9.32 Å². The number of aryl methyl sites for hydroxylation is 1. The zero-order valence-corrected chi connectivity index (χ0v) is 17.8. The van der Waals surface area contributed by atoms with E-state index in [-0.39, 0.29) is 11.6 Å². The predicted octanol–water partition coefficient (Wildman–Crippen LogP) is 5.76. The van der Waals surface area contributed by atoms with Crippen molar-refractivity contribution in [1.82, 2.24) is 14.9 Å². The normalized spacial score (nSPS) is 10.9. The summed E-state index contributed by atoms with van der Waals surface area (Å²) in [6.07, 6.45) is 0. The third-order valence-electron chi connectivity index (χ3n) is 4.79. The fourth-order valence-electron chi connectivity index (χ4n) is 3.16. The molecule has 0 unspecified atom stereocenters. The van der Waals surface area contributed by atoms with Crippen LogP contribution in [0.25, 0.3) is 11.3 Å². The Kier molecular flexibility index (Phi) is 5.61. The monoisotopic (exact) mass is 440 g/mol. The number of aromatic nitrogens is 3. The molecule has 30 heavy (non-hydrogen) atoms. The summed E-state index contributed by atoms with van der Waals surface area (Å²) in [5.41, 5.74) is 3.88. The minimum absolute atomic E-state index is 0.189. The van der Waals surface area contributed by atoms with Gasteiger partial charge in [0.2, 0.25) is 0 Å². The van der Waals surface area contributed by atoms with Crippen LogP contribution >= 0.6 is 23.2 Å². The van der Waals surface area contributed by atoms with Gasteiger partial charge >= 0.3 is 0 Å². The van der Waals surface area contributed by atoms with E-state index < -0.39 is 0 Å². The van der Waals surface area contributed by atoms with Crippen LogP contribution in [0, 0.1) is 13.8 Å². The lowest BCUT2D eigenvalue weighted by atomic mass is 10.1. The average Bonchev–Trinajstić information content (AvgIpc) is 3.33. The van der Waals surface area contributed by atoms with Crippen LogP contribution in [-0.4, -0.2) is 20.8 Å². The van der Waals surface area contributed by atoms with Gasteiger partial charge in [-0.1, -0.05) is 64.8 Å². The maximum absolute atomic E-state index is 12.7. The minimum atomic E-state index is -0.373. The smallest absolute Gasteiger partial charge is 0.277 e. The summed E-state index contributed by atoms with van der Waals surface area (Å²) in [6.45, 7) is 4.09. The van der Waals surface area contributed by atoms with Gasteiger partial charge < -0.3 is 9.84 Å². The summed E-state index contributed by atoms with van der Waals surface area (Å²) in [5.74, 6) is 0.153. The molecule has 0 aliphatic rings. The minimum Gasteiger partial charge on any atom is -0.355 e. The van der Waals surface area contributed by atoms with Crippen molar-refractivity contribution in [3.8, 4) is 11.3 Å². The molecular formula is C22H18Cl2N4O2. The van der Waals surface area contributed by atoms with Gasteiger partial charge in [0.1, 0.15) is 0 Å². The van der Waals surface area contributed by atoms with E-state index >= 15 is 0 Å². The number of nitrogens with zero attached hydrogens (tertiary/aromatic N) is 3. The van der Waals surface area contributed by atoms with Crippen molar-refractivity contribution >= 4 is 34.8 Å². The first-order chi connectivity index (χ1) is 14.4. The molecule has 0 aliphatic carbocycles. The number of amides is 1. The second-order valence-electron chi connectivity index (χ2n) is 6.80. The third-order valence-corrected chi connectivity index (χ3v) is 5.50. The van der Waals surface area contributed by atoms with Crippen LogP contribution < -0.4 is 5.32 Å². The Balaban J connectivity index is 1.56. The molecule has 0 bridgehead atoms. The zero-order chi connectivity index (χ0) is 21.3. The van der Waals surface area contributed by atoms with E-state index in [1.807, 2.05) is 44.2 Å². The summed E-state index contributed by atoms with van der Waals surface area (Å²) in [5, 5.41) is 12.4. The Hall–Kier alpha value is -3.09. The summed E-state index contributed by atoms with van der Waals surface area (Å²) < 4.78 is 7.08. The zero-order valence-electron chi connectivity index (χ0n) is 16.3. The molecule has 1 amide bonds. The van der Waals surface area contributed by atoms with Crippen LogP contribution in [0.4, 0.5) is 5.69 Å². The highest BCUT2D eigenvalue weighted by Crippen LogP contribution is 2.28. The fraction of sp³-hybridized carbons (Fsp3) is 0.136. The third kappa shape index (κ3) is 3.97. The predicted molar refractivity (Wildman–Crippen MR) is 117 cm³/mol. The Bertz CT molecular complexity index is 1200. The van der Waals surface area contributed by atoms with Gasteiger partial charge in [0, 0.05) is 27.2 Å². The van der Waals surface area contributed by atoms with Crippen molar-refractivity contribution in [2.24, 2.45) is 0 Å². The Morgan fingerprint density at radius 1 is 1.07 bits per heavy atom. The number of carbonyl (C=O) groups is 1. The van der Waals surface area contributed by atoms with Gasteiger partial charge in [-0.25, -0.2) is 0 Å². The second kappa shape index (κ2) is 8.34. The van der Waals surface area contributed by atoms with Crippen molar-refractivity contribution in [2.45, 2.75) is 20.4 Å². The first kappa shape index (κ1) is 20.2. The highest BCUT2D eigenvalue weighted by atomic mass is 35.5. The lowest BCUT2D eigenvalue weighted by Crippen LogP contribution is -2.13. The molecule has 0 atom stereocenters. The van der Waals surface area contributed by atoms with E-state index in [9.17, 15) is 4.79 Å². The SMILES string of the molecule is Cc1nn(Cc2c(Cl)cccc2Cl)c(C)c1NC(=O)c1cc(-c2ccccc2)on1. The fourth-order valence-corrected chi connectivity index (χ4v) is 3.68. The molecule has 2 aromatic heterocycles. The highest BCUT2D eigenvalue weighted by molar-refractivity contribution is 6.36. The number of nitrogens with one attached hydrogen (secondary N) is 1. The quantitative estimate of drug-likeness (QED) is 0.427. The Labute approximate surface area is 183 Å². The van der Waals surface area contributed by atoms with Gasteiger partial charge in [0.15, 0.2) is 11.5 Å². The molecular weight excluding hydrogens is 423 g/mol. The maximum atomic E-state index is 12.7. The van der Waals surface area contributed by atoms with E-state index in [2.05, 4.69) is 15.6 Å². The van der Waals surface area contributed by atoms with Gasteiger partial charge in [0.25, 0.3) is 5.91 Å². The first-order valence-corrected chi connectivity index (χ1v) is 10.00. The molecule has 0 saturated carbocycles. The maximum Gasteiger partial charge on any atom is 0.277 e. The van der Waals surface area contributed by atoms with Crippen molar-refractivity contribution in [3.05, 3.63) is 87.3 Å². The summed E-state index contributed by atoms with van der Waals surface area (Å²) in [4.78, 5) is 12.7. The molecule has 4 rings (SSSR count). The highest BCUT2D eigenvalue weighted by Gasteiger charge is 2.19. The Morgan fingerprint density at radius 3 is 2.47 bits per heavy atom. The Morgan fingerprint density at radius 2 is 1.77 bits per heavy atom. The van der Waals surface area contributed by atoms with Crippen LogP contribution in [-0.2, 0) is 6.54 Å². The molecule has 0 radical (unpaired) electrons. The van der Waals surface area contributed by atoms with E-state index in [4.69, 9.17) is 27.7 Å². The molecule has 0 fully saturated rings. The number of halogens is 2. The molecule has 4 aromatic rings. The number of hydrogen-bond donors (Lipinski definition) is 1. The summed E-state index contributed by atoms with van der Waals surface area (Å²) >= 11 is 12.6. The number of carbonyl (C=O) groups excluding carboxylic acids is 1. The van der Waals surface area contributed by atoms with Crippen LogP contribution in [0.2, 0.25) is 10.0 Å². The average molecular weight is 441 g/mol. The van der Waals surface area contributed by atoms with Gasteiger partial charge in [-0.05, 0) is 26.0 Å². The van der Waals surface area contributed by atoms with Crippen LogP contribution in [0.3, 0.4) is 0 Å². The molecule has 2 aromatic carbocycles. The second-order valence-corrected chi connectivity index (χ2v) is 7.61. The topological polar surface area (TPSA) is 73.0 Å². The lowest BCUT2D eigenvalue weighted by Gasteiger charge is -2.09. The number of anilines is 1. The van der Waals surface area contributed by atoms with Gasteiger partial charge in [-0.3, -0.25) is 9.48 Å². The summed E-state index contributed by atoms with van der Waals surface area (Å²) in [7, 11) is 0. The molecule has 2 heterocycles. The van der Waals surface area contributed by atoms with E-state index in [1.165, 1.54) is 0 Å². The standard InChI is InChI=1S/C22H18Cl2N4O2/c1-13-21(14(2)28(26-13)12-16-17(23)9-6-10-18(16)24)25-22(29)19-11-20(30-27-19)15-7-4-3-5-8-15/h3-11H,12H2,1-2H3,(H,25,29). The number of hydrogen-bond acceptors (Lipinski definition) is 4. The molecule has 1 N–H and O–H groups in total. The van der Waals surface area contributed by atoms with Crippen molar-refractivity contribution in [2.75, 3.05) is 5.32 Å². The summed E-state index contributed by atoms with van der Waals surface area (Å²) in [6, 6.07) is 16.4. The van der Waals surface area contributed by atoms with Crippen LogP contribution in [0.5, 0.6) is 0 Å². The van der Waals surface area contributed by atoms with E-state index in [1.54, 1.807) is 28.9 Å². The van der Waals surface area contributed by atoms with Gasteiger partial charge in [0.05, 0.1) is 23.6 Å². The first-order valence-electron chi connectivity index (χ1n) is 9.24. The number of benzene rings is 2. The van der Waals surface area contributed by atoms with Gasteiger partial charge in [-0.15, -0.1) is 0 Å². The van der Waals surface area contributed by atoms with Crippen molar-refractivity contribution in [1.29, 1.82) is 0 Å².